The van der Waals surface area contributed by atoms with Gasteiger partial charge in [0.2, 0.25) is 0 Å². The lowest BCUT2D eigenvalue weighted by Gasteiger charge is -2.26. The molecule has 0 spiro atoms. The highest BCUT2D eigenvalue weighted by Crippen LogP contribution is 2.36. The Hall–Kier alpha value is -3.06. The summed E-state index contributed by atoms with van der Waals surface area (Å²) in [6, 6.07) is 15.2. The van der Waals surface area contributed by atoms with Crippen molar-refractivity contribution in [1.82, 2.24) is 14.8 Å². The van der Waals surface area contributed by atoms with E-state index in [-0.39, 0.29) is 17.1 Å². The van der Waals surface area contributed by atoms with Crippen molar-refractivity contribution < 1.29 is 14.3 Å². The average Bonchev–Trinajstić information content (AvgIpc) is 3.16. The van der Waals surface area contributed by atoms with E-state index in [1.54, 1.807) is 6.08 Å². The summed E-state index contributed by atoms with van der Waals surface area (Å²) in [5.74, 6) is 2.11. The number of nitrogens with zero attached hydrogens (tertiary/aromatic N) is 3. The third kappa shape index (κ3) is 4.11. The molecule has 0 radical (unpaired) electrons. The molecule has 1 aliphatic heterocycles. The number of carbonyl (C=O) groups excluding carboxylic acids is 1. The number of hydrogen-bond acceptors (Lipinski definition) is 6. The number of ketones is 1. The fourth-order valence-corrected chi connectivity index (χ4v) is 4.18. The molecule has 2 aromatic carbocycles. The highest BCUT2D eigenvalue weighted by molar-refractivity contribution is 8.00. The minimum Gasteiger partial charge on any atom is -0.485 e. The molecular formula is C23H23N3O3S. The molecule has 3 aromatic rings. The number of aromatic nitrogens is 3. The monoisotopic (exact) mass is 421 g/mol. The first-order chi connectivity index (χ1) is 14.6. The van der Waals surface area contributed by atoms with E-state index in [1.807, 2.05) is 66.9 Å². The van der Waals surface area contributed by atoms with Crippen LogP contribution in [0.1, 0.15) is 34.8 Å². The van der Waals surface area contributed by atoms with E-state index < -0.39 is 0 Å². The first kappa shape index (κ1) is 20.2. The van der Waals surface area contributed by atoms with Gasteiger partial charge < -0.3 is 9.47 Å². The first-order valence-electron chi connectivity index (χ1n) is 9.77. The molecule has 154 valence electrons. The summed E-state index contributed by atoms with van der Waals surface area (Å²) in [7, 11) is 0. The van der Waals surface area contributed by atoms with Crippen molar-refractivity contribution in [2.75, 3.05) is 6.61 Å². The van der Waals surface area contributed by atoms with Gasteiger partial charge in [0.15, 0.2) is 34.4 Å². The SMILES string of the molecule is C=CCn1c(SC(C)C(=O)c2ccc(C)cc2)nnc1C1COc2ccccc2O1. The average molecular weight is 422 g/mol. The van der Waals surface area contributed by atoms with Crippen LogP contribution in [0, 0.1) is 6.92 Å². The predicted octanol–water partition coefficient (Wildman–Crippen LogP) is 4.65. The van der Waals surface area contributed by atoms with Crippen LogP contribution in [0.15, 0.2) is 66.3 Å². The summed E-state index contributed by atoms with van der Waals surface area (Å²) in [6.07, 6.45) is 1.39. The minimum atomic E-state index is -0.384. The number of benzene rings is 2. The van der Waals surface area contributed by atoms with E-state index in [4.69, 9.17) is 9.47 Å². The Morgan fingerprint density at radius 3 is 2.70 bits per heavy atom. The second kappa shape index (κ2) is 8.75. The van der Waals surface area contributed by atoms with E-state index in [0.717, 1.165) is 11.3 Å². The number of Topliss-reactive ketones (excluding diaryl/α,β-unsaturated/α-hetero) is 1. The molecule has 4 rings (SSSR count). The maximum atomic E-state index is 12.8. The van der Waals surface area contributed by atoms with Crippen LogP contribution in [-0.2, 0) is 6.54 Å². The van der Waals surface area contributed by atoms with Crippen LogP contribution >= 0.6 is 11.8 Å². The molecule has 2 heterocycles. The van der Waals surface area contributed by atoms with Crippen LogP contribution in [-0.4, -0.2) is 32.4 Å². The van der Waals surface area contributed by atoms with E-state index >= 15 is 0 Å². The van der Waals surface area contributed by atoms with Crippen LogP contribution < -0.4 is 9.47 Å². The molecule has 0 amide bonds. The second-order valence-corrected chi connectivity index (χ2v) is 8.40. The number of rotatable bonds is 7. The number of aryl methyl sites for hydroxylation is 1. The standard InChI is InChI=1S/C23H23N3O3S/c1-4-13-26-22(20-14-28-18-7-5-6-8-19(18)29-20)24-25-23(26)30-16(3)21(27)17-11-9-15(2)10-12-17/h4-12,16,20H,1,13-14H2,2-3H3. The summed E-state index contributed by atoms with van der Waals surface area (Å²) in [5, 5.41) is 9.04. The topological polar surface area (TPSA) is 66.2 Å². The lowest BCUT2D eigenvalue weighted by molar-refractivity contribution is 0.0821. The van der Waals surface area contributed by atoms with Crippen molar-refractivity contribution in [3.05, 3.63) is 78.1 Å². The van der Waals surface area contributed by atoms with Gasteiger partial charge in [0.1, 0.15) is 6.61 Å². The van der Waals surface area contributed by atoms with Crippen molar-refractivity contribution in [1.29, 1.82) is 0 Å². The molecule has 0 bridgehead atoms. The van der Waals surface area contributed by atoms with Gasteiger partial charge in [0.05, 0.1) is 5.25 Å². The van der Waals surface area contributed by atoms with Crippen molar-refractivity contribution >= 4 is 17.5 Å². The Labute approximate surface area is 179 Å². The zero-order valence-corrected chi connectivity index (χ0v) is 17.8. The van der Waals surface area contributed by atoms with Crippen molar-refractivity contribution in [2.45, 2.75) is 36.9 Å². The molecule has 30 heavy (non-hydrogen) atoms. The van der Waals surface area contributed by atoms with Crippen LogP contribution in [0.5, 0.6) is 11.5 Å². The second-order valence-electron chi connectivity index (χ2n) is 7.09. The summed E-state index contributed by atoms with van der Waals surface area (Å²) < 4.78 is 13.8. The molecule has 2 unspecified atom stereocenters. The molecule has 0 saturated carbocycles. The molecule has 0 fully saturated rings. The Kier molecular flexibility index (Phi) is 5.90. The number of fused-ring (bicyclic) bond motifs is 1. The molecule has 7 heteroatoms. The molecule has 0 saturated heterocycles. The van der Waals surface area contributed by atoms with Crippen molar-refractivity contribution in [2.24, 2.45) is 0 Å². The number of allylic oxidation sites excluding steroid dienone is 1. The summed E-state index contributed by atoms with van der Waals surface area (Å²) >= 11 is 1.38. The quantitative estimate of drug-likeness (QED) is 0.314. The number of hydrogen-bond donors (Lipinski definition) is 0. The van der Waals surface area contributed by atoms with E-state index in [2.05, 4.69) is 16.8 Å². The molecule has 0 aliphatic carbocycles. The lowest BCUT2D eigenvalue weighted by atomic mass is 10.1. The normalized spacial score (nSPS) is 16.1. The third-order valence-electron chi connectivity index (χ3n) is 4.84. The van der Waals surface area contributed by atoms with Crippen LogP contribution in [0.25, 0.3) is 0 Å². The van der Waals surface area contributed by atoms with E-state index in [1.165, 1.54) is 11.8 Å². The summed E-state index contributed by atoms with van der Waals surface area (Å²) in [6.45, 7) is 8.58. The van der Waals surface area contributed by atoms with Crippen molar-refractivity contribution in [3.63, 3.8) is 0 Å². The molecular weight excluding hydrogens is 398 g/mol. The van der Waals surface area contributed by atoms with Crippen LogP contribution in [0.4, 0.5) is 0 Å². The highest BCUT2D eigenvalue weighted by Gasteiger charge is 2.29. The van der Waals surface area contributed by atoms with E-state index in [0.29, 0.717) is 35.4 Å². The zero-order chi connectivity index (χ0) is 21.1. The van der Waals surface area contributed by atoms with Gasteiger partial charge >= 0.3 is 0 Å². The predicted molar refractivity (Wildman–Crippen MR) is 116 cm³/mol. The largest absolute Gasteiger partial charge is 0.485 e. The van der Waals surface area contributed by atoms with Gasteiger partial charge in [-0.3, -0.25) is 9.36 Å². The van der Waals surface area contributed by atoms with Gasteiger partial charge in [-0.05, 0) is 26.0 Å². The number of carbonyl (C=O) groups is 1. The van der Waals surface area contributed by atoms with Crippen LogP contribution in [0.2, 0.25) is 0 Å². The van der Waals surface area contributed by atoms with Gasteiger partial charge in [-0.2, -0.15) is 0 Å². The number of para-hydroxylation sites is 2. The maximum Gasteiger partial charge on any atom is 0.192 e. The van der Waals surface area contributed by atoms with E-state index in [9.17, 15) is 4.79 Å². The first-order valence-corrected chi connectivity index (χ1v) is 10.6. The van der Waals surface area contributed by atoms with Crippen LogP contribution in [0.3, 0.4) is 0 Å². The van der Waals surface area contributed by atoms with Gasteiger partial charge in [0, 0.05) is 12.1 Å². The van der Waals surface area contributed by atoms with Gasteiger partial charge in [-0.1, -0.05) is 59.8 Å². The zero-order valence-electron chi connectivity index (χ0n) is 16.9. The molecule has 1 aliphatic rings. The van der Waals surface area contributed by atoms with Gasteiger partial charge in [-0.25, -0.2) is 0 Å². The maximum absolute atomic E-state index is 12.8. The summed E-state index contributed by atoms with van der Waals surface area (Å²) in [5.41, 5.74) is 1.81. The fourth-order valence-electron chi connectivity index (χ4n) is 3.24. The highest BCUT2D eigenvalue weighted by atomic mass is 32.2. The van der Waals surface area contributed by atoms with Crippen molar-refractivity contribution in [3.8, 4) is 11.5 Å². The Morgan fingerprint density at radius 2 is 1.97 bits per heavy atom. The molecule has 0 N–H and O–H groups in total. The third-order valence-corrected chi connectivity index (χ3v) is 5.92. The molecule has 1 aromatic heterocycles. The Morgan fingerprint density at radius 1 is 1.23 bits per heavy atom. The Balaban J connectivity index is 1.55. The summed E-state index contributed by atoms with van der Waals surface area (Å²) in [4.78, 5) is 12.8. The number of ether oxygens (including phenoxy) is 2. The molecule has 6 nitrogen and oxygen atoms in total. The minimum absolute atomic E-state index is 0.0564. The Bertz CT molecular complexity index is 1060. The molecule has 2 atom stereocenters. The fraction of sp³-hybridized carbons (Fsp3) is 0.261. The lowest BCUT2D eigenvalue weighted by Crippen LogP contribution is -2.25. The number of thioether (sulfide) groups is 1. The van der Waals surface area contributed by atoms with Gasteiger partial charge in [-0.15, -0.1) is 16.8 Å². The smallest absolute Gasteiger partial charge is 0.192 e. The van der Waals surface area contributed by atoms with Gasteiger partial charge in [0.25, 0.3) is 0 Å².